The van der Waals surface area contributed by atoms with E-state index in [2.05, 4.69) is 5.32 Å². The largest absolute Gasteiger partial charge is 0.353 e. The summed E-state index contributed by atoms with van der Waals surface area (Å²) in [5.41, 5.74) is 1.61. The Bertz CT molecular complexity index is 976. The van der Waals surface area contributed by atoms with Gasteiger partial charge in [-0.2, -0.15) is 0 Å². The summed E-state index contributed by atoms with van der Waals surface area (Å²) in [7, 11) is 0. The molecule has 1 aliphatic rings. The van der Waals surface area contributed by atoms with Gasteiger partial charge in [-0.1, -0.05) is 61.2 Å². The molecule has 1 saturated carbocycles. The molecule has 4 nitrogen and oxygen atoms in total. The smallest absolute Gasteiger partial charge is 0.263 e. The van der Waals surface area contributed by atoms with E-state index in [-0.39, 0.29) is 5.56 Å². The van der Waals surface area contributed by atoms with Crippen molar-refractivity contribution in [2.75, 3.05) is 5.32 Å². The molecule has 26 heavy (non-hydrogen) atoms. The number of halogens is 1. The van der Waals surface area contributed by atoms with E-state index in [9.17, 15) is 4.79 Å². The summed E-state index contributed by atoms with van der Waals surface area (Å²) < 4.78 is 1.72. The zero-order chi connectivity index (χ0) is 17.9. The molecule has 0 atom stereocenters. The number of aromatic nitrogens is 2. The van der Waals surface area contributed by atoms with Gasteiger partial charge in [0, 0.05) is 11.1 Å². The van der Waals surface area contributed by atoms with Crippen LogP contribution in [0, 0.1) is 0 Å². The molecule has 1 N–H and O–H groups in total. The predicted molar refractivity (Wildman–Crippen MR) is 107 cm³/mol. The van der Waals surface area contributed by atoms with Gasteiger partial charge in [0.1, 0.15) is 0 Å². The van der Waals surface area contributed by atoms with E-state index in [0.717, 1.165) is 23.9 Å². The minimum Gasteiger partial charge on any atom is -0.353 e. The van der Waals surface area contributed by atoms with Crippen LogP contribution in [0.4, 0.5) is 5.95 Å². The highest BCUT2D eigenvalue weighted by atomic mass is 35.5. The number of anilines is 1. The van der Waals surface area contributed by atoms with Crippen molar-refractivity contribution in [1.82, 2.24) is 9.55 Å². The van der Waals surface area contributed by atoms with Crippen molar-refractivity contribution < 1.29 is 0 Å². The summed E-state index contributed by atoms with van der Waals surface area (Å²) in [4.78, 5) is 17.9. The molecule has 1 heterocycles. The molecule has 0 amide bonds. The summed E-state index contributed by atoms with van der Waals surface area (Å²) >= 11 is 6.33. The van der Waals surface area contributed by atoms with E-state index in [4.69, 9.17) is 16.6 Å². The molecule has 5 heteroatoms. The molecule has 134 valence electrons. The number of nitrogens with one attached hydrogen (secondary N) is 1. The topological polar surface area (TPSA) is 46.9 Å². The Morgan fingerprint density at radius 3 is 2.58 bits per heavy atom. The second-order valence-corrected chi connectivity index (χ2v) is 7.32. The third-order valence-electron chi connectivity index (χ3n) is 5.09. The van der Waals surface area contributed by atoms with Gasteiger partial charge in [0.2, 0.25) is 5.95 Å². The van der Waals surface area contributed by atoms with E-state index in [1.54, 1.807) is 4.57 Å². The van der Waals surface area contributed by atoms with Crippen molar-refractivity contribution in [3.05, 3.63) is 69.5 Å². The standard InChI is InChI=1S/C21H22ClN3O/c22-18-12-6-4-8-15(18)14-25-20(26)17-11-5-7-13-19(17)24-21(25)23-16-9-2-1-3-10-16/h4-8,11-13,16H,1-3,9-10,14H2,(H,23,24). The van der Waals surface area contributed by atoms with Crippen LogP contribution in [0.2, 0.25) is 5.02 Å². The van der Waals surface area contributed by atoms with Crippen LogP contribution < -0.4 is 10.9 Å². The molecule has 0 aliphatic heterocycles. The highest BCUT2D eigenvalue weighted by molar-refractivity contribution is 6.31. The summed E-state index contributed by atoms with van der Waals surface area (Å²) in [6, 6.07) is 15.5. The van der Waals surface area contributed by atoms with Crippen molar-refractivity contribution in [3.63, 3.8) is 0 Å². The minimum absolute atomic E-state index is 0.0335. The molecule has 0 saturated heterocycles. The third kappa shape index (κ3) is 3.47. The predicted octanol–water partition coefficient (Wildman–Crippen LogP) is 4.84. The Labute approximate surface area is 157 Å². The van der Waals surface area contributed by atoms with Crippen LogP contribution in [0.5, 0.6) is 0 Å². The molecule has 1 aromatic heterocycles. The maximum absolute atomic E-state index is 13.1. The number of benzene rings is 2. The van der Waals surface area contributed by atoms with Crippen LogP contribution in [0.1, 0.15) is 37.7 Å². The average Bonchev–Trinajstić information content (AvgIpc) is 2.67. The fourth-order valence-corrected chi connectivity index (χ4v) is 3.85. The van der Waals surface area contributed by atoms with Crippen LogP contribution in [-0.4, -0.2) is 15.6 Å². The maximum Gasteiger partial charge on any atom is 0.263 e. The van der Waals surface area contributed by atoms with Gasteiger partial charge >= 0.3 is 0 Å². The number of hydrogen-bond acceptors (Lipinski definition) is 3. The lowest BCUT2D eigenvalue weighted by atomic mass is 9.96. The first-order valence-corrected chi connectivity index (χ1v) is 9.60. The molecule has 4 rings (SSSR count). The first-order valence-electron chi connectivity index (χ1n) is 9.22. The Balaban J connectivity index is 1.79. The van der Waals surface area contributed by atoms with E-state index in [1.807, 2.05) is 48.5 Å². The van der Waals surface area contributed by atoms with Gasteiger partial charge in [-0.3, -0.25) is 9.36 Å². The van der Waals surface area contributed by atoms with Crippen molar-refractivity contribution >= 4 is 28.5 Å². The van der Waals surface area contributed by atoms with Crippen LogP contribution in [0.25, 0.3) is 10.9 Å². The average molecular weight is 368 g/mol. The van der Waals surface area contributed by atoms with E-state index >= 15 is 0 Å². The fourth-order valence-electron chi connectivity index (χ4n) is 3.65. The molecular weight excluding hydrogens is 346 g/mol. The first kappa shape index (κ1) is 17.1. The van der Waals surface area contributed by atoms with Crippen LogP contribution in [0.15, 0.2) is 53.3 Å². The zero-order valence-corrected chi connectivity index (χ0v) is 15.4. The van der Waals surface area contributed by atoms with Crippen LogP contribution >= 0.6 is 11.6 Å². The van der Waals surface area contributed by atoms with Crippen molar-refractivity contribution in [2.45, 2.75) is 44.7 Å². The zero-order valence-electron chi connectivity index (χ0n) is 14.6. The number of rotatable bonds is 4. The molecule has 1 fully saturated rings. The Kier molecular flexibility index (Phi) is 4.93. The monoisotopic (exact) mass is 367 g/mol. The molecule has 1 aliphatic carbocycles. The third-order valence-corrected chi connectivity index (χ3v) is 5.46. The van der Waals surface area contributed by atoms with Crippen LogP contribution in [0.3, 0.4) is 0 Å². The van der Waals surface area contributed by atoms with Gasteiger partial charge in [-0.15, -0.1) is 0 Å². The molecular formula is C21H22ClN3O. The lowest BCUT2D eigenvalue weighted by molar-refractivity contribution is 0.458. The summed E-state index contributed by atoms with van der Waals surface area (Å²) in [5.74, 6) is 0.639. The molecule has 0 radical (unpaired) electrons. The molecule has 3 aromatic rings. The fraction of sp³-hybridized carbons (Fsp3) is 0.333. The Morgan fingerprint density at radius 1 is 1.04 bits per heavy atom. The second-order valence-electron chi connectivity index (χ2n) is 6.91. The number of nitrogens with zero attached hydrogens (tertiary/aromatic N) is 2. The summed E-state index contributed by atoms with van der Waals surface area (Å²) in [6.45, 7) is 0.408. The highest BCUT2D eigenvalue weighted by Gasteiger charge is 2.18. The molecule has 0 spiro atoms. The van der Waals surface area contributed by atoms with Crippen LogP contribution in [-0.2, 0) is 6.54 Å². The second kappa shape index (κ2) is 7.50. The quantitative estimate of drug-likeness (QED) is 0.717. The van der Waals surface area contributed by atoms with Gasteiger partial charge in [0.05, 0.1) is 17.4 Å². The van der Waals surface area contributed by atoms with Gasteiger partial charge in [-0.25, -0.2) is 4.98 Å². The normalized spacial score (nSPS) is 15.3. The summed E-state index contributed by atoms with van der Waals surface area (Å²) in [6.07, 6.45) is 5.97. The van der Waals surface area contributed by atoms with Crippen molar-refractivity contribution in [2.24, 2.45) is 0 Å². The SMILES string of the molecule is O=c1c2ccccc2nc(NC2CCCCC2)n1Cc1ccccc1Cl. The first-order chi connectivity index (χ1) is 12.7. The molecule has 0 unspecified atom stereocenters. The van der Waals surface area contributed by atoms with E-state index in [0.29, 0.717) is 28.9 Å². The highest BCUT2D eigenvalue weighted by Crippen LogP contribution is 2.23. The van der Waals surface area contributed by atoms with Crippen molar-refractivity contribution in [1.29, 1.82) is 0 Å². The van der Waals surface area contributed by atoms with Gasteiger partial charge in [0.15, 0.2) is 0 Å². The van der Waals surface area contributed by atoms with E-state index < -0.39 is 0 Å². The number of fused-ring (bicyclic) bond motifs is 1. The van der Waals surface area contributed by atoms with Crippen molar-refractivity contribution in [3.8, 4) is 0 Å². The molecule has 2 aromatic carbocycles. The lowest BCUT2D eigenvalue weighted by Crippen LogP contribution is -2.30. The summed E-state index contributed by atoms with van der Waals surface area (Å²) in [5, 5.41) is 4.83. The lowest BCUT2D eigenvalue weighted by Gasteiger charge is -2.25. The van der Waals surface area contributed by atoms with Gasteiger partial charge in [-0.05, 0) is 36.6 Å². The molecule has 0 bridgehead atoms. The maximum atomic E-state index is 13.1. The minimum atomic E-state index is -0.0335. The van der Waals surface area contributed by atoms with Gasteiger partial charge in [0.25, 0.3) is 5.56 Å². The van der Waals surface area contributed by atoms with Gasteiger partial charge < -0.3 is 5.32 Å². The Morgan fingerprint density at radius 2 is 1.77 bits per heavy atom. The number of para-hydroxylation sites is 1. The number of hydrogen-bond donors (Lipinski definition) is 1. The van der Waals surface area contributed by atoms with E-state index in [1.165, 1.54) is 19.3 Å². The Hall–Kier alpha value is -2.33.